The van der Waals surface area contributed by atoms with Gasteiger partial charge in [-0.3, -0.25) is 15.1 Å². The average molecular weight is 367 g/mol. The number of aromatic nitrogens is 1. The second kappa shape index (κ2) is 6.07. The molecule has 3 rings (SSSR count). The highest BCUT2D eigenvalue weighted by atomic mass is 35.5. The Hall–Kier alpha value is -2.54. The Kier molecular flexibility index (Phi) is 4.20. The molecule has 25 heavy (non-hydrogen) atoms. The van der Waals surface area contributed by atoms with E-state index < -0.39 is 36.1 Å². The fourth-order valence-electron chi connectivity index (χ4n) is 3.07. The number of rotatable bonds is 4. The molecule has 1 aromatic carbocycles. The number of carboxylic acid groups (broad SMARTS) is 1. The highest BCUT2D eigenvalue weighted by molar-refractivity contribution is 6.30. The van der Waals surface area contributed by atoms with Crippen LogP contribution in [0.1, 0.15) is 28.9 Å². The molecule has 1 saturated carbocycles. The Morgan fingerprint density at radius 2 is 1.76 bits per heavy atom. The molecule has 1 amide bonds. The minimum absolute atomic E-state index is 0.00129. The molecule has 0 atom stereocenters. The second-order valence-electron chi connectivity index (χ2n) is 5.99. The van der Waals surface area contributed by atoms with E-state index in [2.05, 4.69) is 10.3 Å². The maximum Gasteiger partial charge on any atom is 0.409 e. The molecule has 1 heterocycles. The molecule has 5 nitrogen and oxygen atoms in total. The Morgan fingerprint density at radius 3 is 2.24 bits per heavy atom. The zero-order valence-corrected chi connectivity index (χ0v) is 13.6. The van der Waals surface area contributed by atoms with Crippen molar-refractivity contribution in [3.05, 3.63) is 58.9 Å². The minimum atomic E-state index is -2.92. The zero-order chi connectivity index (χ0) is 18.2. The molecule has 0 unspecified atom stereocenters. The number of Topliss-reactive ketones (excluding diaryl/α,β-unsaturated/α-hetero) is 1. The van der Waals surface area contributed by atoms with Crippen molar-refractivity contribution in [2.24, 2.45) is 0 Å². The summed E-state index contributed by atoms with van der Waals surface area (Å²) in [5.41, 5.74) is -0.713. The van der Waals surface area contributed by atoms with E-state index in [0.717, 1.165) is 0 Å². The van der Waals surface area contributed by atoms with Gasteiger partial charge in [0.1, 0.15) is 5.69 Å². The number of carbonyl (C=O) groups is 2. The largest absolute Gasteiger partial charge is 0.465 e. The van der Waals surface area contributed by atoms with Gasteiger partial charge in [-0.15, -0.1) is 0 Å². The van der Waals surface area contributed by atoms with Crippen molar-refractivity contribution in [3.63, 3.8) is 0 Å². The van der Waals surface area contributed by atoms with Crippen molar-refractivity contribution in [3.8, 4) is 0 Å². The highest BCUT2D eigenvalue weighted by Crippen LogP contribution is 2.54. The standard InChI is InChI=1S/C17H13ClF2N2O3/c18-11-3-1-10(2-4-11)16(8-17(19,20)9-16)14(23)13-6-5-12(7-21-13)22-15(24)25/h1-7,22H,8-9H2,(H,24,25). The fourth-order valence-corrected chi connectivity index (χ4v) is 3.19. The number of hydrogen-bond acceptors (Lipinski definition) is 3. The third-order valence-electron chi connectivity index (χ3n) is 4.20. The lowest BCUT2D eigenvalue weighted by Crippen LogP contribution is -2.54. The third-order valence-corrected chi connectivity index (χ3v) is 4.45. The van der Waals surface area contributed by atoms with Crippen LogP contribution in [0.3, 0.4) is 0 Å². The average Bonchev–Trinajstić information content (AvgIpc) is 2.52. The second-order valence-corrected chi connectivity index (χ2v) is 6.43. The van der Waals surface area contributed by atoms with Crippen molar-refractivity contribution in [1.82, 2.24) is 4.98 Å². The molecule has 0 aliphatic heterocycles. The van der Waals surface area contributed by atoms with Gasteiger partial charge in [-0.05, 0) is 29.8 Å². The summed E-state index contributed by atoms with van der Waals surface area (Å²) in [5.74, 6) is -3.44. The summed E-state index contributed by atoms with van der Waals surface area (Å²) in [5, 5.41) is 11.2. The zero-order valence-electron chi connectivity index (χ0n) is 12.8. The summed E-state index contributed by atoms with van der Waals surface area (Å²) in [6.45, 7) is 0. The maximum absolute atomic E-state index is 13.6. The first-order valence-electron chi connectivity index (χ1n) is 7.37. The van der Waals surface area contributed by atoms with Crippen LogP contribution in [0.5, 0.6) is 0 Å². The van der Waals surface area contributed by atoms with Crippen molar-refractivity contribution in [2.45, 2.75) is 24.2 Å². The summed E-state index contributed by atoms with van der Waals surface area (Å²) < 4.78 is 27.2. The monoisotopic (exact) mass is 366 g/mol. The van der Waals surface area contributed by atoms with E-state index >= 15 is 0 Å². The number of nitrogens with zero attached hydrogens (tertiary/aromatic N) is 1. The van der Waals surface area contributed by atoms with E-state index in [4.69, 9.17) is 16.7 Å². The summed E-state index contributed by atoms with van der Waals surface area (Å²) in [7, 11) is 0. The number of alkyl halides is 2. The van der Waals surface area contributed by atoms with Gasteiger partial charge in [-0.2, -0.15) is 0 Å². The minimum Gasteiger partial charge on any atom is -0.465 e. The molecule has 1 aliphatic carbocycles. The molecule has 0 saturated heterocycles. The molecule has 0 radical (unpaired) electrons. The van der Waals surface area contributed by atoms with Crippen LogP contribution in [-0.4, -0.2) is 27.9 Å². The predicted molar refractivity (Wildman–Crippen MR) is 87.5 cm³/mol. The number of benzene rings is 1. The molecular formula is C17H13ClF2N2O3. The van der Waals surface area contributed by atoms with Gasteiger partial charge in [-0.25, -0.2) is 13.6 Å². The van der Waals surface area contributed by atoms with E-state index in [9.17, 15) is 18.4 Å². The van der Waals surface area contributed by atoms with Gasteiger partial charge in [0.15, 0.2) is 5.78 Å². The van der Waals surface area contributed by atoms with Crippen LogP contribution in [0.4, 0.5) is 19.3 Å². The molecule has 1 aromatic heterocycles. The first-order chi connectivity index (χ1) is 11.7. The molecule has 0 bridgehead atoms. The Balaban J connectivity index is 1.93. The summed E-state index contributed by atoms with van der Waals surface area (Å²) in [6.07, 6.45) is -1.29. The number of amides is 1. The number of ketones is 1. The first kappa shape index (κ1) is 17.3. The smallest absolute Gasteiger partial charge is 0.409 e. The Labute approximate surface area is 146 Å². The van der Waals surface area contributed by atoms with Crippen LogP contribution in [0.15, 0.2) is 42.6 Å². The van der Waals surface area contributed by atoms with Gasteiger partial charge in [-0.1, -0.05) is 23.7 Å². The molecular weight excluding hydrogens is 354 g/mol. The van der Waals surface area contributed by atoms with E-state index in [1.54, 1.807) is 24.3 Å². The van der Waals surface area contributed by atoms with E-state index in [-0.39, 0.29) is 11.4 Å². The third kappa shape index (κ3) is 3.32. The lowest BCUT2D eigenvalue weighted by molar-refractivity contribution is -0.113. The van der Waals surface area contributed by atoms with Crippen LogP contribution in [0.25, 0.3) is 0 Å². The topological polar surface area (TPSA) is 79.3 Å². The lowest BCUT2D eigenvalue weighted by Gasteiger charge is -2.46. The van der Waals surface area contributed by atoms with Crippen LogP contribution < -0.4 is 5.32 Å². The van der Waals surface area contributed by atoms with E-state index in [0.29, 0.717) is 10.6 Å². The summed E-state index contributed by atoms with van der Waals surface area (Å²) >= 11 is 5.83. The Morgan fingerprint density at radius 1 is 1.12 bits per heavy atom. The number of nitrogens with one attached hydrogen (secondary N) is 1. The fraction of sp³-hybridized carbons (Fsp3) is 0.235. The molecule has 8 heteroatoms. The number of pyridine rings is 1. The quantitative estimate of drug-likeness (QED) is 0.787. The van der Waals surface area contributed by atoms with Crippen LogP contribution in [0.2, 0.25) is 5.02 Å². The SMILES string of the molecule is O=C(O)Nc1ccc(C(=O)C2(c3ccc(Cl)cc3)CC(F)(F)C2)nc1. The number of anilines is 1. The van der Waals surface area contributed by atoms with Crippen molar-refractivity contribution in [2.75, 3.05) is 5.32 Å². The van der Waals surface area contributed by atoms with Crippen molar-refractivity contribution >= 4 is 29.2 Å². The number of carbonyl (C=O) groups excluding carboxylic acids is 1. The molecule has 1 fully saturated rings. The predicted octanol–water partition coefficient (Wildman–Crippen LogP) is 4.37. The molecule has 130 valence electrons. The first-order valence-corrected chi connectivity index (χ1v) is 7.74. The van der Waals surface area contributed by atoms with E-state index in [1.165, 1.54) is 18.3 Å². The van der Waals surface area contributed by atoms with Gasteiger partial charge in [0, 0.05) is 17.9 Å². The van der Waals surface area contributed by atoms with E-state index in [1.807, 2.05) is 0 Å². The van der Waals surface area contributed by atoms with Gasteiger partial charge >= 0.3 is 6.09 Å². The van der Waals surface area contributed by atoms with Crippen molar-refractivity contribution in [1.29, 1.82) is 0 Å². The number of halogens is 3. The van der Waals surface area contributed by atoms with Crippen LogP contribution in [-0.2, 0) is 5.41 Å². The van der Waals surface area contributed by atoms with Crippen LogP contribution >= 0.6 is 11.6 Å². The highest BCUT2D eigenvalue weighted by Gasteiger charge is 2.61. The van der Waals surface area contributed by atoms with Gasteiger partial charge in [0.2, 0.25) is 0 Å². The van der Waals surface area contributed by atoms with Crippen LogP contribution in [0, 0.1) is 0 Å². The Bertz CT molecular complexity index is 815. The van der Waals surface area contributed by atoms with Gasteiger partial charge in [0.25, 0.3) is 5.92 Å². The number of hydrogen-bond donors (Lipinski definition) is 2. The molecule has 0 spiro atoms. The summed E-state index contributed by atoms with van der Waals surface area (Å²) in [4.78, 5) is 27.4. The maximum atomic E-state index is 13.6. The normalized spacial score (nSPS) is 17.4. The lowest BCUT2D eigenvalue weighted by atomic mass is 9.59. The molecule has 2 N–H and O–H groups in total. The van der Waals surface area contributed by atoms with Gasteiger partial charge in [0.05, 0.1) is 17.3 Å². The van der Waals surface area contributed by atoms with Crippen molar-refractivity contribution < 1.29 is 23.5 Å². The summed E-state index contributed by atoms with van der Waals surface area (Å²) in [6, 6.07) is 8.92. The van der Waals surface area contributed by atoms with Gasteiger partial charge < -0.3 is 5.11 Å². The molecule has 2 aromatic rings. The molecule has 1 aliphatic rings.